The summed E-state index contributed by atoms with van der Waals surface area (Å²) in [6.45, 7) is 0. The Labute approximate surface area is 148 Å². The maximum absolute atomic E-state index is 13.1. The van der Waals surface area contributed by atoms with Gasteiger partial charge in [-0.2, -0.15) is 0 Å². The van der Waals surface area contributed by atoms with Gasteiger partial charge < -0.3 is 0 Å². The number of hydrogen-bond donors (Lipinski definition) is 0. The zero-order valence-corrected chi connectivity index (χ0v) is 15.1. The molecule has 2 aromatic rings. The normalized spacial score (nSPS) is 25.1. The third-order valence-corrected chi connectivity index (χ3v) is 6.74. The number of benzene rings is 2. The highest BCUT2D eigenvalue weighted by Gasteiger charge is 2.54. The van der Waals surface area contributed by atoms with Crippen LogP contribution in [0.25, 0.3) is 0 Å². The molecule has 4 rings (SSSR count). The van der Waals surface area contributed by atoms with E-state index in [4.69, 9.17) is 0 Å². The zero-order chi connectivity index (χ0) is 16.9. The van der Waals surface area contributed by atoms with Gasteiger partial charge in [-0.15, -0.1) is 0 Å². The van der Waals surface area contributed by atoms with Crippen LogP contribution >= 0.6 is 15.9 Å². The number of fused-ring (bicyclic) bond motifs is 1. The van der Waals surface area contributed by atoms with E-state index in [1.54, 1.807) is 9.80 Å². The Morgan fingerprint density at radius 2 is 1.33 bits per heavy atom. The van der Waals surface area contributed by atoms with Crippen LogP contribution < -0.4 is 9.80 Å². The molecule has 2 aliphatic heterocycles. The fraction of sp³-hybridized carbons (Fsp3) is 0.235. The maximum Gasteiger partial charge on any atom is 0.329 e. The molecule has 124 valence electrons. The minimum atomic E-state index is -3.16. The summed E-state index contributed by atoms with van der Waals surface area (Å²) < 4.78 is 25.3. The van der Waals surface area contributed by atoms with E-state index in [1.807, 2.05) is 54.6 Å². The van der Waals surface area contributed by atoms with E-state index in [0.29, 0.717) is 5.69 Å². The highest BCUT2D eigenvalue weighted by Crippen LogP contribution is 2.38. The van der Waals surface area contributed by atoms with Crippen LogP contribution in [0.5, 0.6) is 0 Å². The van der Waals surface area contributed by atoms with Gasteiger partial charge in [-0.3, -0.25) is 9.80 Å². The number of urea groups is 1. The molecule has 0 spiro atoms. The fourth-order valence-corrected chi connectivity index (χ4v) is 5.68. The predicted octanol–water partition coefficient (Wildman–Crippen LogP) is 3.06. The molecule has 0 saturated carbocycles. The first-order chi connectivity index (χ1) is 11.5. The Balaban J connectivity index is 1.80. The van der Waals surface area contributed by atoms with Crippen LogP contribution in [0.15, 0.2) is 59.1 Å². The number of carbonyl (C=O) groups is 1. The molecule has 0 N–H and O–H groups in total. The van der Waals surface area contributed by atoms with Crippen molar-refractivity contribution in [3.8, 4) is 0 Å². The van der Waals surface area contributed by atoms with Gasteiger partial charge in [0.25, 0.3) is 0 Å². The molecule has 7 heteroatoms. The maximum atomic E-state index is 13.1. The van der Waals surface area contributed by atoms with Crippen LogP contribution in [-0.4, -0.2) is 38.0 Å². The molecule has 2 aliphatic rings. The molecule has 0 aliphatic carbocycles. The van der Waals surface area contributed by atoms with E-state index in [2.05, 4.69) is 15.9 Å². The number of para-hydroxylation sites is 1. The molecule has 0 bridgehead atoms. The second-order valence-electron chi connectivity index (χ2n) is 6.05. The lowest BCUT2D eigenvalue weighted by atomic mass is 10.1. The van der Waals surface area contributed by atoms with Gasteiger partial charge in [0.2, 0.25) is 0 Å². The Bertz CT molecular complexity index is 884. The highest BCUT2D eigenvalue weighted by molar-refractivity contribution is 9.10. The lowest BCUT2D eigenvalue weighted by Gasteiger charge is -2.22. The van der Waals surface area contributed by atoms with E-state index >= 15 is 0 Å². The summed E-state index contributed by atoms with van der Waals surface area (Å²) in [7, 11) is -3.16. The van der Waals surface area contributed by atoms with E-state index < -0.39 is 9.84 Å². The van der Waals surface area contributed by atoms with Crippen LogP contribution in [0.4, 0.5) is 16.2 Å². The zero-order valence-electron chi connectivity index (χ0n) is 12.7. The smallest absolute Gasteiger partial charge is 0.288 e. The molecule has 2 heterocycles. The topological polar surface area (TPSA) is 57.7 Å². The average molecular weight is 407 g/mol. The van der Waals surface area contributed by atoms with Crippen molar-refractivity contribution in [1.82, 2.24) is 0 Å². The van der Waals surface area contributed by atoms with Crippen molar-refractivity contribution < 1.29 is 13.2 Å². The molecule has 2 fully saturated rings. The van der Waals surface area contributed by atoms with Crippen molar-refractivity contribution in [2.24, 2.45) is 0 Å². The lowest BCUT2D eigenvalue weighted by molar-refractivity contribution is 0.255. The highest BCUT2D eigenvalue weighted by atomic mass is 79.9. The Morgan fingerprint density at radius 1 is 0.833 bits per heavy atom. The summed E-state index contributed by atoms with van der Waals surface area (Å²) in [6, 6.07) is 15.7. The first-order valence-corrected chi connectivity index (χ1v) is 10.2. The van der Waals surface area contributed by atoms with Gasteiger partial charge in [0.1, 0.15) is 0 Å². The fourth-order valence-electron chi connectivity index (χ4n) is 3.50. The minimum absolute atomic E-state index is 0.00278. The van der Waals surface area contributed by atoms with Crippen molar-refractivity contribution in [3.63, 3.8) is 0 Å². The molecule has 24 heavy (non-hydrogen) atoms. The summed E-state index contributed by atoms with van der Waals surface area (Å²) in [5, 5.41) is 0. The Morgan fingerprint density at radius 3 is 1.88 bits per heavy atom. The first-order valence-electron chi connectivity index (χ1n) is 7.60. The number of sulfone groups is 1. The predicted molar refractivity (Wildman–Crippen MR) is 97.2 cm³/mol. The van der Waals surface area contributed by atoms with Crippen molar-refractivity contribution >= 4 is 43.2 Å². The summed E-state index contributed by atoms with van der Waals surface area (Å²) in [5.74, 6) is 0.00807. The van der Waals surface area contributed by atoms with Gasteiger partial charge >= 0.3 is 6.03 Å². The number of carbonyl (C=O) groups excluding carboxylic acids is 1. The van der Waals surface area contributed by atoms with Crippen LogP contribution in [0.2, 0.25) is 0 Å². The third kappa shape index (κ3) is 2.52. The first kappa shape index (κ1) is 15.7. The van der Waals surface area contributed by atoms with Crippen molar-refractivity contribution in [1.29, 1.82) is 0 Å². The van der Waals surface area contributed by atoms with Gasteiger partial charge in [0.05, 0.1) is 23.6 Å². The molecule has 0 aromatic heterocycles. The summed E-state index contributed by atoms with van der Waals surface area (Å²) >= 11 is 3.38. The van der Waals surface area contributed by atoms with E-state index in [-0.39, 0.29) is 29.6 Å². The van der Waals surface area contributed by atoms with Gasteiger partial charge in [-0.05, 0) is 36.4 Å². The quantitative estimate of drug-likeness (QED) is 0.720. The number of rotatable bonds is 2. The van der Waals surface area contributed by atoms with Crippen LogP contribution in [0.1, 0.15) is 0 Å². The number of hydrogen-bond acceptors (Lipinski definition) is 3. The van der Waals surface area contributed by atoms with Crippen molar-refractivity contribution in [3.05, 3.63) is 59.1 Å². The van der Waals surface area contributed by atoms with Crippen LogP contribution in [0, 0.1) is 0 Å². The van der Waals surface area contributed by atoms with Crippen LogP contribution in [0.3, 0.4) is 0 Å². The molecule has 5 nitrogen and oxygen atoms in total. The van der Waals surface area contributed by atoms with Crippen LogP contribution in [-0.2, 0) is 9.84 Å². The Hall–Kier alpha value is -1.86. The second kappa shape index (κ2) is 5.60. The van der Waals surface area contributed by atoms with E-state index in [9.17, 15) is 13.2 Å². The molecule has 2 amide bonds. The Kier molecular flexibility index (Phi) is 3.65. The van der Waals surface area contributed by atoms with E-state index in [0.717, 1.165) is 10.2 Å². The summed E-state index contributed by atoms with van der Waals surface area (Å²) in [6.07, 6.45) is 0. The van der Waals surface area contributed by atoms with E-state index in [1.165, 1.54) is 0 Å². The third-order valence-electron chi connectivity index (χ3n) is 4.51. The molecule has 2 atom stereocenters. The monoisotopic (exact) mass is 406 g/mol. The van der Waals surface area contributed by atoms with Gasteiger partial charge in [0.15, 0.2) is 9.84 Å². The second-order valence-corrected chi connectivity index (χ2v) is 9.12. The van der Waals surface area contributed by atoms with Gasteiger partial charge in [0, 0.05) is 15.8 Å². The largest absolute Gasteiger partial charge is 0.329 e. The molecule has 2 saturated heterocycles. The van der Waals surface area contributed by atoms with Gasteiger partial charge in [-0.25, -0.2) is 13.2 Å². The molecular weight excluding hydrogens is 392 g/mol. The van der Waals surface area contributed by atoms with Crippen molar-refractivity contribution in [2.75, 3.05) is 21.3 Å². The number of anilines is 2. The average Bonchev–Trinajstić information content (AvgIpc) is 2.98. The standard InChI is InChI=1S/C17H15BrN2O3S/c18-12-6-8-14(9-7-12)20-16-11-24(22,23)10-15(16)19(17(20)21)13-4-2-1-3-5-13/h1-9,15-16H,10-11H2/t15-,16-/m1/s1. The summed E-state index contributed by atoms with van der Waals surface area (Å²) in [5.41, 5.74) is 1.45. The molecular formula is C17H15BrN2O3S. The number of halogens is 1. The number of nitrogens with zero attached hydrogens (tertiary/aromatic N) is 2. The number of amides is 2. The minimum Gasteiger partial charge on any atom is -0.288 e. The molecule has 0 radical (unpaired) electrons. The summed E-state index contributed by atoms with van der Waals surface area (Å²) in [4.78, 5) is 16.3. The van der Waals surface area contributed by atoms with Gasteiger partial charge in [-0.1, -0.05) is 34.1 Å². The van der Waals surface area contributed by atoms with Crippen molar-refractivity contribution in [2.45, 2.75) is 12.1 Å². The SMILES string of the molecule is O=C1N(c2ccccc2)[C@@H]2CS(=O)(=O)C[C@H]2N1c1ccc(Br)cc1. The molecule has 0 unspecified atom stereocenters. The lowest BCUT2D eigenvalue weighted by Crippen LogP contribution is -2.37. The molecule has 2 aromatic carbocycles.